The van der Waals surface area contributed by atoms with E-state index in [0.717, 1.165) is 0 Å². The van der Waals surface area contributed by atoms with E-state index in [1.54, 1.807) is 30.3 Å². The monoisotopic (exact) mass is 278 g/mol. The Bertz CT molecular complexity index is 411. The number of alkyl halides is 4. The van der Waals surface area contributed by atoms with Crippen molar-refractivity contribution in [2.45, 2.75) is 18.9 Å². The van der Waals surface area contributed by atoms with Crippen LogP contribution in [-0.2, 0) is 11.3 Å². The summed E-state index contributed by atoms with van der Waals surface area (Å²) in [5, 5.41) is 0. The molecule has 1 amide bonds. The highest BCUT2D eigenvalue weighted by Gasteiger charge is 2.50. The van der Waals surface area contributed by atoms with Crippen LogP contribution in [0.25, 0.3) is 0 Å². The lowest BCUT2D eigenvalue weighted by Gasteiger charge is -2.26. The van der Waals surface area contributed by atoms with Gasteiger partial charge in [-0.1, -0.05) is 30.3 Å². The van der Waals surface area contributed by atoms with Crippen molar-refractivity contribution >= 4 is 5.91 Å². The normalized spacial score (nSPS) is 11.7. The highest BCUT2D eigenvalue weighted by Crippen LogP contribution is 2.26. The van der Waals surface area contributed by atoms with E-state index < -0.39 is 18.3 Å². The molecule has 0 aliphatic heterocycles. The minimum Gasteiger partial charge on any atom is -0.332 e. The Kier molecular flexibility index (Phi) is 5.29. The van der Waals surface area contributed by atoms with Gasteiger partial charge in [0, 0.05) is 19.6 Å². The lowest BCUT2D eigenvalue weighted by Crippen LogP contribution is -2.48. The van der Waals surface area contributed by atoms with Crippen LogP contribution in [0.2, 0.25) is 0 Å². The van der Waals surface area contributed by atoms with Crippen molar-refractivity contribution < 1.29 is 22.4 Å². The zero-order valence-electron chi connectivity index (χ0n) is 10.0. The Labute approximate surface area is 108 Å². The van der Waals surface area contributed by atoms with E-state index in [9.17, 15) is 22.4 Å². The van der Waals surface area contributed by atoms with Crippen LogP contribution in [0.3, 0.4) is 0 Å². The fourth-order valence-electron chi connectivity index (χ4n) is 1.52. The number of nitrogens with zero attached hydrogens (tertiary/aromatic N) is 1. The molecule has 0 bridgehead atoms. The zero-order valence-corrected chi connectivity index (χ0v) is 10.0. The fourth-order valence-corrected chi connectivity index (χ4v) is 1.52. The molecule has 0 aliphatic rings. The molecule has 0 fully saturated rings. The summed E-state index contributed by atoms with van der Waals surface area (Å²) in [4.78, 5) is 12.1. The van der Waals surface area contributed by atoms with Crippen LogP contribution >= 0.6 is 0 Å². The molecule has 19 heavy (non-hydrogen) atoms. The Balaban J connectivity index is 2.86. The third-order valence-corrected chi connectivity index (χ3v) is 2.46. The summed E-state index contributed by atoms with van der Waals surface area (Å²) in [5.74, 6) is -6.60. The molecule has 0 saturated carbocycles. The van der Waals surface area contributed by atoms with Crippen molar-refractivity contribution in [3.8, 4) is 0 Å². The summed E-state index contributed by atoms with van der Waals surface area (Å²) in [6.07, 6.45) is -4.03. The van der Waals surface area contributed by atoms with Crippen LogP contribution in [0.1, 0.15) is 5.56 Å². The second-order valence-corrected chi connectivity index (χ2v) is 3.92. The summed E-state index contributed by atoms with van der Waals surface area (Å²) in [5.41, 5.74) is 5.78. The highest BCUT2D eigenvalue weighted by atomic mass is 19.3. The maximum atomic E-state index is 13.0. The van der Waals surface area contributed by atoms with Gasteiger partial charge >= 0.3 is 12.3 Å². The first kappa shape index (κ1) is 15.4. The topological polar surface area (TPSA) is 46.3 Å². The second kappa shape index (κ2) is 6.51. The van der Waals surface area contributed by atoms with Gasteiger partial charge in [0.15, 0.2) is 0 Å². The van der Waals surface area contributed by atoms with Gasteiger partial charge in [0.2, 0.25) is 0 Å². The van der Waals surface area contributed by atoms with E-state index in [0.29, 0.717) is 10.5 Å². The predicted octanol–water partition coefficient (Wildman–Crippen LogP) is 1.87. The number of carbonyl (C=O) groups excluding carboxylic acids is 1. The summed E-state index contributed by atoms with van der Waals surface area (Å²) in [6, 6.07) is 8.25. The van der Waals surface area contributed by atoms with Crippen LogP contribution in [0.4, 0.5) is 17.6 Å². The van der Waals surface area contributed by atoms with E-state index in [1.807, 2.05) is 0 Å². The molecule has 1 aromatic rings. The molecule has 1 rings (SSSR count). The largest absolute Gasteiger partial charge is 0.383 e. The number of carbonyl (C=O) groups is 1. The van der Waals surface area contributed by atoms with Crippen LogP contribution in [0.5, 0.6) is 0 Å². The van der Waals surface area contributed by atoms with Gasteiger partial charge in [0.1, 0.15) is 0 Å². The third kappa shape index (κ3) is 3.92. The molecular weight excluding hydrogens is 264 g/mol. The molecule has 0 saturated heterocycles. The number of amides is 1. The molecule has 0 unspecified atom stereocenters. The summed E-state index contributed by atoms with van der Waals surface area (Å²) in [7, 11) is 0. The Morgan fingerprint density at radius 1 is 1.26 bits per heavy atom. The van der Waals surface area contributed by atoms with Crippen molar-refractivity contribution in [1.82, 2.24) is 4.90 Å². The maximum absolute atomic E-state index is 13.0. The maximum Gasteiger partial charge on any atom is 0.383 e. The minimum absolute atomic E-state index is 0.0854. The van der Waals surface area contributed by atoms with Crippen molar-refractivity contribution in [3.05, 3.63) is 35.9 Å². The lowest BCUT2D eigenvalue weighted by molar-refractivity contribution is -0.181. The lowest BCUT2D eigenvalue weighted by atomic mass is 10.2. The Hall–Kier alpha value is -1.63. The molecule has 0 spiro atoms. The minimum atomic E-state index is -4.69. The van der Waals surface area contributed by atoms with Gasteiger partial charge in [-0.25, -0.2) is 8.78 Å². The number of halogens is 4. The predicted molar refractivity (Wildman–Crippen MR) is 61.9 cm³/mol. The van der Waals surface area contributed by atoms with E-state index >= 15 is 0 Å². The molecule has 1 aromatic carbocycles. The van der Waals surface area contributed by atoms with Gasteiger partial charge in [-0.2, -0.15) is 8.78 Å². The number of nitrogens with two attached hydrogens (primary N) is 1. The van der Waals surface area contributed by atoms with Crippen molar-refractivity contribution in [2.24, 2.45) is 5.73 Å². The van der Waals surface area contributed by atoms with E-state index in [-0.39, 0.29) is 19.6 Å². The summed E-state index contributed by atoms with van der Waals surface area (Å²) in [6.45, 7) is -0.479. The molecule has 3 nitrogen and oxygen atoms in total. The van der Waals surface area contributed by atoms with Gasteiger partial charge in [-0.3, -0.25) is 4.79 Å². The van der Waals surface area contributed by atoms with Gasteiger partial charge in [0.05, 0.1) is 0 Å². The number of hydrogen-bond donors (Lipinski definition) is 1. The van der Waals surface area contributed by atoms with Crippen LogP contribution in [0, 0.1) is 0 Å². The van der Waals surface area contributed by atoms with E-state index in [1.165, 1.54) is 0 Å². The third-order valence-electron chi connectivity index (χ3n) is 2.46. The molecule has 0 atom stereocenters. The quantitative estimate of drug-likeness (QED) is 0.807. The Morgan fingerprint density at radius 2 is 1.84 bits per heavy atom. The van der Waals surface area contributed by atoms with Crippen molar-refractivity contribution in [1.29, 1.82) is 0 Å². The summed E-state index contributed by atoms with van der Waals surface area (Å²) < 4.78 is 50.4. The van der Waals surface area contributed by atoms with Crippen molar-refractivity contribution in [2.75, 3.05) is 13.1 Å². The highest BCUT2D eigenvalue weighted by molar-refractivity contribution is 5.84. The molecule has 0 heterocycles. The number of rotatable bonds is 6. The standard InChI is InChI=1S/C12H14F4N2O/c13-10(14)12(15,16)11(19)18(7-6-17)8-9-4-2-1-3-5-9/h1-5,10H,6-8,17H2. The average Bonchev–Trinajstić information content (AvgIpc) is 2.38. The van der Waals surface area contributed by atoms with Gasteiger partial charge < -0.3 is 10.6 Å². The summed E-state index contributed by atoms with van der Waals surface area (Å²) >= 11 is 0. The number of benzene rings is 1. The molecular formula is C12H14F4N2O. The van der Waals surface area contributed by atoms with E-state index in [4.69, 9.17) is 5.73 Å². The van der Waals surface area contributed by atoms with Crippen LogP contribution in [-0.4, -0.2) is 36.2 Å². The molecule has 106 valence electrons. The molecule has 7 heteroatoms. The average molecular weight is 278 g/mol. The molecule has 2 N–H and O–H groups in total. The van der Waals surface area contributed by atoms with Gasteiger partial charge in [-0.05, 0) is 5.56 Å². The Morgan fingerprint density at radius 3 is 2.32 bits per heavy atom. The van der Waals surface area contributed by atoms with E-state index in [2.05, 4.69) is 0 Å². The second-order valence-electron chi connectivity index (χ2n) is 3.92. The zero-order chi connectivity index (χ0) is 14.5. The van der Waals surface area contributed by atoms with Crippen LogP contribution < -0.4 is 5.73 Å². The van der Waals surface area contributed by atoms with Gasteiger partial charge in [-0.15, -0.1) is 0 Å². The van der Waals surface area contributed by atoms with Gasteiger partial charge in [0.25, 0.3) is 5.91 Å². The first-order chi connectivity index (χ1) is 8.89. The first-order valence-electron chi connectivity index (χ1n) is 5.59. The number of hydrogen-bond acceptors (Lipinski definition) is 2. The molecule has 0 aromatic heterocycles. The van der Waals surface area contributed by atoms with Crippen molar-refractivity contribution in [3.63, 3.8) is 0 Å². The molecule has 0 aliphatic carbocycles. The smallest absolute Gasteiger partial charge is 0.332 e. The SMILES string of the molecule is NCCN(Cc1ccccc1)C(=O)C(F)(F)C(F)F. The first-order valence-corrected chi connectivity index (χ1v) is 5.59. The fraction of sp³-hybridized carbons (Fsp3) is 0.417. The molecule has 0 radical (unpaired) electrons. The van der Waals surface area contributed by atoms with Crippen LogP contribution in [0.15, 0.2) is 30.3 Å².